The number of phenols is 1. The summed E-state index contributed by atoms with van der Waals surface area (Å²) in [5, 5.41) is 23.4. The highest BCUT2D eigenvalue weighted by Gasteiger charge is 2.74. The van der Waals surface area contributed by atoms with E-state index in [1.54, 1.807) is 49.4 Å². The highest BCUT2D eigenvalue weighted by Crippen LogP contribution is 2.56. The van der Waals surface area contributed by atoms with Crippen molar-refractivity contribution in [3.05, 3.63) is 53.6 Å². The Labute approximate surface area is 241 Å². The molecule has 3 aliphatic carbocycles. The number of fused-ring (bicyclic) bond motifs is 3. The van der Waals surface area contributed by atoms with Crippen molar-refractivity contribution in [3.63, 3.8) is 0 Å². The Morgan fingerprint density at radius 1 is 1.02 bits per heavy atom. The van der Waals surface area contributed by atoms with E-state index in [-0.39, 0.29) is 17.7 Å². The van der Waals surface area contributed by atoms with Gasteiger partial charge in [0.15, 0.2) is 34.7 Å². The first kappa shape index (κ1) is 29.3. The quantitative estimate of drug-likeness (QED) is 0.343. The molecule has 2 saturated carbocycles. The molecule has 2 aromatic carbocycles. The number of amides is 1. The van der Waals surface area contributed by atoms with Crippen LogP contribution >= 0.6 is 0 Å². The number of primary amides is 1. The van der Waals surface area contributed by atoms with Gasteiger partial charge in [-0.15, -0.1) is 0 Å². The second-order valence-corrected chi connectivity index (χ2v) is 11.5. The summed E-state index contributed by atoms with van der Waals surface area (Å²) in [5.74, 6) is -14.2. The minimum Gasteiger partial charge on any atom is -0.507 e. The summed E-state index contributed by atoms with van der Waals surface area (Å²) in [6, 6.07) is 10.7. The molecular formula is C31H32N2O9. The van der Waals surface area contributed by atoms with Gasteiger partial charge >= 0.3 is 5.97 Å². The van der Waals surface area contributed by atoms with Crippen molar-refractivity contribution in [1.82, 2.24) is 4.90 Å². The van der Waals surface area contributed by atoms with E-state index in [9.17, 15) is 39.0 Å². The van der Waals surface area contributed by atoms with Crippen LogP contribution < -0.4 is 5.73 Å². The van der Waals surface area contributed by atoms with Gasteiger partial charge in [-0.25, -0.2) is 0 Å². The summed E-state index contributed by atoms with van der Waals surface area (Å²) in [6.07, 6.45) is -1.56. The smallest absolute Gasteiger partial charge is 0.305 e. The summed E-state index contributed by atoms with van der Waals surface area (Å²) < 4.78 is 5.81. The van der Waals surface area contributed by atoms with E-state index >= 15 is 0 Å². The van der Waals surface area contributed by atoms with Crippen LogP contribution in [-0.2, 0) is 28.7 Å². The molecule has 0 saturated heterocycles. The summed E-state index contributed by atoms with van der Waals surface area (Å²) >= 11 is 0. The molecule has 11 nitrogen and oxygen atoms in total. The first-order chi connectivity index (χ1) is 19.8. The maximum atomic E-state index is 14.3. The molecule has 0 aliphatic heterocycles. The van der Waals surface area contributed by atoms with Crippen LogP contribution in [0.4, 0.5) is 0 Å². The Morgan fingerprint density at radius 3 is 2.24 bits per heavy atom. The highest BCUT2D eigenvalue weighted by molar-refractivity contribution is 6.32. The second-order valence-electron chi connectivity index (χ2n) is 11.5. The minimum absolute atomic E-state index is 0.106. The molecule has 5 rings (SSSR count). The maximum Gasteiger partial charge on any atom is 0.305 e. The van der Waals surface area contributed by atoms with Gasteiger partial charge in [0.25, 0.3) is 0 Å². The molecule has 8 atom stereocenters. The lowest BCUT2D eigenvalue weighted by atomic mass is 9.49. The predicted octanol–water partition coefficient (Wildman–Crippen LogP) is 1.03. The number of nitrogens with two attached hydrogens (primary N) is 1. The molecule has 2 fully saturated rings. The second kappa shape index (κ2) is 10.2. The number of nitrogens with zero attached hydrogens (tertiary/aromatic N) is 1. The van der Waals surface area contributed by atoms with Crippen molar-refractivity contribution in [2.24, 2.45) is 29.4 Å². The summed E-state index contributed by atoms with van der Waals surface area (Å²) in [5.41, 5.74) is 3.54. The van der Waals surface area contributed by atoms with Crippen LogP contribution in [0.5, 0.6) is 5.75 Å². The Hall–Kier alpha value is -4.22. The molecule has 0 heterocycles. The number of rotatable bonds is 5. The molecule has 4 N–H and O–H groups in total. The number of carbonyl (C=O) groups excluding carboxylic acids is 6. The molecule has 11 heteroatoms. The van der Waals surface area contributed by atoms with Gasteiger partial charge in [0.05, 0.1) is 23.4 Å². The fraction of sp³-hybridized carbons (Fsp3) is 0.419. The molecule has 2 aromatic rings. The van der Waals surface area contributed by atoms with E-state index in [0.29, 0.717) is 16.7 Å². The van der Waals surface area contributed by atoms with E-state index < -0.39 is 82.3 Å². The molecule has 2 unspecified atom stereocenters. The van der Waals surface area contributed by atoms with E-state index in [1.807, 2.05) is 0 Å². The zero-order valence-electron chi connectivity index (χ0n) is 23.6. The molecular weight excluding hydrogens is 544 g/mol. The van der Waals surface area contributed by atoms with Crippen molar-refractivity contribution in [2.45, 2.75) is 43.9 Å². The number of carbonyl (C=O) groups is 6. The Morgan fingerprint density at radius 2 is 1.67 bits per heavy atom. The van der Waals surface area contributed by atoms with Crippen LogP contribution in [0.1, 0.15) is 42.1 Å². The summed E-state index contributed by atoms with van der Waals surface area (Å²) in [7, 11) is 2.92. The number of esters is 1. The number of ketones is 4. The van der Waals surface area contributed by atoms with E-state index in [2.05, 4.69) is 0 Å². The lowest BCUT2D eigenvalue weighted by Gasteiger charge is -2.56. The zero-order valence-corrected chi connectivity index (χ0v) is 23.6. The number of ether oxygens (including phenoxy) is 1. The first-order valence-electron chi connectivity index (χ1n) is 13.7. The van der Waals surface area contributed by atoms with E-state index in [4.69, 9.17) is 10.5 Å². The topological polar surface area (TPSA) is 181 Å². The summed E-state index contributed by atoms with van der Waals surface area (Å²) in [6.45, 7) is 3.22. The SMILES string of the molecule is CCC(=O)O[C@@H]1[C@@H]2C(C(=O)c3c(ccc(-c4ccccc4)c3O)[C@H]2C)C(=O)[C@@]2(O)C(=O)C(C(N)=O)C(=O)[C@H](N(C)C)[C@@H]12. The van der Waals surface area contributed by atoms with Gasteiger partial charge in [0, 0.05) is 17.9 Å². The van der Waals surface area contributed by atoms with Gasteiger partial charge in [0.1, 0.15) is 11.9 Å². The largest absolute Gasteiger partial charge is 0.507 e. The molecule has 0 bridgehead atoms. The third-order valence-corrected chi connectivity index (χ3v) is 9.10. The molecule has 3 aliphatic rings. The molecule has 0 spiro atoms. The normalized spacial score (nSPS) is 32.2. The van der Waals surface area contributed by atoms with Crippen LogP contribution in [0.25, 0.3) is 11.1 Å². The van der Waals surface area contributed by atoms with Crippen LogP contribution in [0, 0.1) is 23.7 Å². The van der Waals surface area contributed by atoms with Gasteiger partial charge in [0.2, 0.25) is 5.91 Å². The van der Waals surface area contributed by atoms with Crippen molar-refractivity contribution < 1.29 is 43.7 Å². The summed E-state index contributed by atoms with van der Waals surface area (Å²) in [4.78, 5) is 82.1. The minimum atomic E-state index is -3.05. The van der Waals surface area contributed by atoms with Crippen molar-refractivity contribution >= 4 is 35.0 Å². The van der Waals surface area contributed by atoms with Gasteiger partial charge in [-0.05, 0) is 31.1 Å². The fourth-order valence-electron chi connectivity index (χ4n) is 7.19. The van der Waals surface area contributed by atoms with Gasteiger partial charge in [-0.3, -0.25) is 33.7 Å². The average molecular weight is 577 g/mol. The van der Waals surface area contributed by atoms with Crippen molar-refractivity contribution in [1.29, 1.82) is 0 Å². The number of hydrogen-bond acceptors (Lipinski definition) is 10. The molecule has 42 heavy (non-hydrogen) atoms. The number of phenolic OH excluding ortho intramolecular Hbond substituents is 1. The van der Waals surface area contributed by atoms with Crippen LogP contribution in [0.15, 0.2) is 42.5 Å². The van der Waals surface area contributed by atoms with Gasteiger partial charge < -0.3 is 20.7 Å². The zero-order chi connectivity index (χ0) is 30.8. The van der Waals surface area contributed by atoms with E-state index in [1.165, 1.54) is 25.9 Å². The van der Waals surface area contributed by atoms with Crippen molar-refractivity contribution in [3.8, 4) is 16.9 Å². The molecule has 1 amide bonds. The number of aromatic hydroxyl groups is 1. The Bertz CT molecular complexity index is 1530. The number of hydrogen-bond donors (Lipinski definition) is 3. The van der Waals surface area contributed by atoms with Crippen molar-refractivity contribution in [2.75, 3.05) is 14.1 Å². The Kier molecular flexibility index (Phi) is 7.14. The number of aliphatic hydroxyl groups is 1. The van der Waals surface area contributed by atoms with Gasteiger partial charge in [-0.2, -0.15) is 0 Å². The Balaban J connectivity index is 1.76. The lowest BCUT2D eigenvalue weighted by Crippen LogP contribution is -2.78. The fourth-order valence-corrected chi connectivity index (χ4v) is 7.19. The average Bonchev–Trinajstić information content (AvgIpc) is 2.94. The standard InChI is InChI=1S/C31H32N2O9/c1-5-17(34)42-27-18-13(2)15-11-12-16(14-9-7-6-8-10-14)24(35)19(15)25(36)20(18)28(38)31(41)22(27)23(33(3)4)26(37)21(29(31)39)30(32)40/h6-13,18,20-23,27,35,41H,5H2,1-4H3,(H2,32,40)/t13-,18+,20?,21?,22+,23-,27-,31-/m1/s1. The van der Waals surface area contributed by atoms with Crippen LogP contribution in [0.3, 0.4) is 0 Å². The molecule has 0 aromatic heterocycles. The van der Waals surface area contributed by atoms with Gasteiger partial charge in [-0.1, -0.05) is 56.3 Å². The molecule has 220 valence electrons. The third-order valence-electron chi connectivity index (χ3n) is 9.10. The number of likely N-dealkylation sites (N-methyl/N-ethyl adjacent to an activating group) is 1. The van der Waals surface area contributed by atoms with Crippen LogP contribution in [-0.4, -0.2) is 82.0 Å². The number of benzene rings is 2. The maximum absolute atomic E-state index is 14.3. The van der Waals surface area contributed by atoms with Crippen LogP contribution in [0.2, 0.25) is 0 Å². The third kappa shape index (κ3) is 3.94. The monoisotopic (exact) mass is 576 g/mol. The van der Waals surface area contributed by atoms with E-state index in [0.717, 1.165) is 0 Å². The number of Topliss-reactive ketones (excluding diaryl/α,β-unsaturated/α-hetero) is 4. The predicted molar refractivity (Wildman–Crippen MR) is 147 cm³/mol. The lowest BCUT2D eigenvalue weighted by molar-refractivity contribution is -0.205. The molecule has 0 radical (unpaired) electrons. The first-order valence-corrected chi connectivity index (χ1v) is 13.7. The highest BCUT2D eigenvalue weighted by atomic mass is 16.5.